The fraction of sp³-hybridized carbons (Fsp3) is 0.316. The number of amides is 1. The highest BCUT2D eigenvalue weighted by molar-refractivity contribution is 9.10. The van der Waals surface area contributed by atoms with Crippen LogP contribution in [0.1, 0.15) is 25.0 Å². The van der Waals surface area contributed by atoms with Crippen molar-refractivity contribution >= 4 is 37.5 Å². The lowest BCUT2D eigenvalue weighted by molar-refractivity contribution is -0.116. The summed E-state index contributed by atoms with van der Waals surface area (Å²) in [5.41, 5.74) is 2.57. The third-order valence-electron chi connectivity index (χ3n) is 4.62. The van der Waals surface area contributed by atoms with Crippen LogP contribution in [0.3, 0.4) is 0 Å². The first-order valence-electron chi connectivity index (χ1n) is 8.34. The van der Waals surface area contributed by atoms with Gasteiger partial charge in [-0.15, -0.1) is 0 Å². The van der Waals surface area contributed by atoms with Crippen LogP contribution in [-0.2, 0) is 27.8 Å². The molecule has 3 rings (SSSR count). The lowest BCUT2D eigenvalue weighted by Crippen LogP contribution is -2.33. The van der Waals surface area contributed by atoms with Gasteiger partial charge in [0.25, 0.3) is 0 Å². The first kappa shape index (κ1) is 19.1. The van der Waals surface area contributed by atoms with E-state index in [-0.39, 0.29) is 23.4 Å². The van der Waals surface area contributed by atoms with Gasteiger partial charge in [0.05, 0.1) is 4.90 Å². The van der Waals surface area contributed by atoms with Crippen molar-refractivity contribution in [3.05, 3.63) is 58.1 Å². The number of benzene rings is 2. The molecule has 0 aliphatic carbocycles. The molecule has 0 saturated heterocycles. The van der Waals surface area contributed by atoms with Gasteiger partial charge in [-0.2, -0.15) is 4.31 Å². The molecule has 1 aliphatic heterocycles. The van der Waals surface area contributed by atoms with E-state index in [0.29, 0.717) is 16.6 Å². The van der Waals surface area contributed by atoms with E-state index in [2.05, 4.69) is 15.9 Å². The largest absolute Gasteiger partial charge is 0.309 e. The first-order chi connectivity index (χ1) is 12.2. The fourth-order valence-electron chi connectivity index (χ4n) is 3.39. The molecule has 1 amide bonds. The van der Waals surface area contributed by atoms with Gasteiger partial charge in [0.15, 0.2) is 0 Å². The van der Waals surface area contributed by atoms with Crippen LogP contribution in [0.15, 0.2) is 51.8 Å². The molecule has 26 heavy (non-hydrogen) atoms. The smallest absolute Gasteiger partial charge is 0.244 e. The Morgan fingerprint density at radius 3 is 2.54 bits per heavy atom. The maximum Gasteiger partial charge on any atom is 0.244 e. The molecule has 0 unspecified atom stereocenters. The number of halogens is 1. The van der Waals surface area contributed by atoms with Crippen LogP contribution in [0.4, 0.5) is 5.69 Å². The number of nitrogens with zero attached hydrogens (tertiary/aromatic N) is 2. The number of fused-ring (bicyclic) bond motifs is 1. The average molecular weight is 437 g/mol. The highest BCUT2D eigenvalue weighted by Crippen LogP contribution is 2.38. The van der Waals surface area contributed by atoms with E-state index in [1.54, 1.807) is 18.0 Å². The fourth-order valence-corrected chi connectivity index (χ4v) is 5.61. The van der Waals surface area contributed by atoms with Crippen LogP contribution in [0.2, 0.25) is 0 Å². The topological polar surface area (TPSA) is 57.7 Å². The summed E-state index contributed by atoms with van der Waals surface area (Å²) in [7, 11) is -2.14. The molecule has 2 aromatic carbocycles. The molecule has 0 spiro atoms. The maximum atomic E-state index is 13.1. The number of carbonyl (C=O) groups excluding carboxylic acids is 1. The summed E-state index contributed by atoms with van der Waals surface area (Å²) in [4.78, 5) is 13.8. The SMILES string of the molecule is CC(=O)N1c2cc(S(=O)(=O)N(C)Cc3ccccc3)c(Br)cc2C[C@H]1C. The molecule has 5 nitrogen and oxygen atoms in total. The summed E-state index contributed by atoms with van der Waals surface area (Å²) in [5, 5.41) is 0. The normalized spacial score (nSPS) is 16.8. The van der Waals surface area contributed by atoms with Crippen LogP contribution in [0.5, 0.6) is 0 Å². The Hall–Kier alpha value is -1.70. The molecule has 2 aromatic rings. The van der Waals surface area contributed by atoms with E-state index in [1.165, 1.54) is 11.2 Å². The molecule has 0 aromatic heterocycles. The Morgan fingerprint density at radius 1 is 1.27 bits per heavy atom. The van der Waals surface area contributed by atoms with Gasteiger partial charge in [0.1, 0.15) is 0 Å². The monoisotopic (exact) mass is 436 g/mol. The lowest BCUT2D eigenvalue weighted by Gasteiger charge is -2.23. The Bertz CT molecular complexity index is 945. The second kappa shape index (κ2) is 7.13. The minimum Gasteiger partial charge on any atom is -0.309 e. The minimum absolute atomic E-state index is 0.0226. The van der Waals surface area contributed by atoms with E-state index in [9.17, 15) is 13.2 Å². The zero-order valence-corrected chi connectivity index (χ0v) is 17.3. The zero-order valence-electron chi connectivity index (χ0n) is 14.9. The second-order valence-corrected chi connectivity index (χ2v) is 9.47. The average Bonchev–Trinajstić information content (AvgIpc) is 2.89. The number of hydrogen-bond donors (Lipinski definition) is 0. The number of hydrogen-bond acceptors (Lipinski definition) is 3. The number of anilines is 1. The van der Waals surface area contributed by atoms with Gasteiger partial charge in [-0.1, -0.05) is 30.3 Å². The molecule has 7 heteroatoms. The van der Waals surface area contributed by atoms with Gasteiger partial charge < -0.3 is 4.90 Å². The quantitative estimate of drug-likeness (QED) is 0.735. The molecule has 0 bridgehead atoms. The molecule has 1 atom stereocenters. The number of sulfonamides is 1. The Labute approximate surface area is 162 Å². The summed E-state index contributed by atoms with van der Waals surface area (Å²) < 4.78 is 28.1. The summed E-state index contributed by atoms with van der Waals surface area (Å²) in [6, 6.07) is 12.9. The predicted octanol–water partition coefficient (Wildman–Crippen LogP) is 3.57. The summed E-state index contributed by atoms with van der Waals surface area (Å²) in [6.45, 7) is 3.74. The van der Waals surface area contributed by atoms with E-state index < -0.39 is 10.0 Å². The van der Waals surface area contributed by atoms with Gasteiger partial charge in [-0.3, -0.25) is 4.79 Å². The van der Waals surface area contributed by atoms with Crippen molar-refractivity contribution in [1.29, 1.82) is 0 Å². The Kier molecular flexibility index (Phi) is 5.23. The standard InChI is InChI=1S/C19H21BrN2O3S/c1-13-9-16-10-17(20)19(11-18(16)22(13)14(2)23)26(24,25)21(3)12-15-7-5-4-6-8-15/h4-8,10-11,13H,9,12H2,1-3H3/t13-/m1/s1. The first-order valence-corrected chi connectivity index (χ1v) is 10.6. The number of carbonyl (C=O) groups is 1. The van der Waals surface area contributed by atoms with E-state index in [0.717, 1.165) is 11.1 Å². The van der Waals surface area contributed by atoms with Crippen LogP contribution in [0.25, 0.3) is 0 Å². The number of rotatable bonds is 4. The van der Waals surface area contributed by atoms with Crippen molar-refractivity contribution in [2.45, 2.75) is 37.8 Å². The predicted molar refractivity (Wildman–Crippen MR) is 106 cm³/mol. The maximum absolute atomic E-state index is 13.1. The van der Waals surface area contributed by atoms with Crippen molar-refractivity contribution in [2.24, 2.45) is 0 Å². The summed E-state index contributed by atoms with van der Waals surface area (Å²) in [6.07, 6.45) is 0.716. The van der Waals surface area contributed by atoms with Crippen LogP contribution < -0.4 is 4.90 Å². The molecule has 138 valence electrons. The van der Waals surface area contributed by atoms with Gasteiger partial charge in [0.2, 0.25) is 15.9 Å². The third-order valence-corrected chi connectivity index (χ3v) is 7.39. The summed E-state index contributed by atoms with van der Waals surface area (Å²) >= 11 is 3.41. The van der Waals surface area contributed by atoms with Gasteiger partial charge >= 0.3 is 0 Å². The van der Waals surface area contributed by atoms with Crippen molar-refractivity contribution in [3.8, 4) is 0 Å². The van der Waals surface area contributed by atoms with Crippen LogP contribution in [-0.4, -0.2) is 31.7 Å². The molecule has 1 heterocycles. The van der Waals surface area contributed by atoms with Gasteiger partial charge in [0, 0.05) is 36.7 Å². The highest BCUT2D eigenvalue weighted by Gasteiger charge is 2.33. The second-order valence-electron chi connectivity index (χ2n) is 6.60. The molecule has 0 radical (unpaired) electrons. The van der Waals surface area contributed by atoms with Crippen molar-refractivity contribution in [2.75, 3.05) is 11.9 Å². The summed E-state index contributed by atoms with van der Waals surface area (Å²) in [5.74, 6) is -0.0837. The van der Waals surface area contributed by atoms with E-state index >= 15 is 0 Å². The Morgan fingerprint density at radius 2 is 1.92 bits per heavy atom. The molecule has 1 aliphatic rings. The van der Waals surface area contributed by atoms with Crippen LogP contribution in [0, 0.1) is 0 Å². The molecular weight excluding hydrogens is 416 g/mol. The van der Waals surface area contributed by atoms with Crippen molar-refractivity contribution in [3.63, 3.8) is 0 Å². The zero-order chi connectivity index (χ0) is 19.1. The van der Waals surface area contributed by atoms with Gasteiger partial charge in [-0.05, 0) is 52.5 Å². The van der Waals surface area contributed by atoms with E-state index in [1.807, 2.05) is 43.3 Å². The van der Waals surface area contributed by atoms with Crippen molar-refractivity contribution in [1.82, 2.24) is 4.31 Å². The molecule has 0 saturated carbocycles. The van der Waals surface area contributed by atoms with Crippen molar-refractivity contribution < 1.29 is 13.2 Å². The lowest BCUT2D eigenvalue weighted by atomic mass is 10.1. The highest BCUT2D eigenvalue weighted by atomic mass is 79.9. The van der Waals surface area contributed by atoms with Gasteiger partial charge in [-0.25, -0.2) is 8.42 Å². The third kappa shape index (κ3) is 3.43. The van der Waals surface area contributed by atoms with Crippen LogP contribution >= 0.6 is 15.9 Å². The van der Waals surface area contributed by atoms with E-state index in [4.69, 9.17) is 0 Å². The molecular formula is C19H21BrN2O3S. The molecule has 0 N–H and O–H groups in total. The molecule has 0 fully saturated rings. The Balaban J connectivity index is 1.99. The minimum atomic E-state index is -3.71.